The molecule has 1 saturated heterocycles. The number of nitrogens with one attached hydrogen (secondary N) is 1. The van der Waals surface area contributed by atoms with E-state index in [4.69, 9.17) is 4.74 Å². The van der Waals surface area contributed by atoms with Gasteiger partial charge in [0.15, 0.2) is 0 Å². The lowest BCUT2D eigenvalue weighted by Gasteiger charge is -2.36. The number of hydrogen-bond acceptors (Lipinski definition) is 4. The minimum atomic E-state index is -0.979. The third-order valence-corrected chi connectivity index (χ3v) is 6.61. The maximum Gasteiger partial charge on any atom is 0.407 e. The molecule has 174 valence electrons. The van der Waals surface area contributed by atoms with Crippen LogP contribution in [0.15, 0.2) is 48.5 Å². The van der Waals surface area contributed by atoms with E-state index < -0.39 is 24.1 Å². The fourth-order valence-corrected chi connectivity index (χ4v) is 4.96. The van der Waals surface area contributed by atoms with Crippen LogP contribution >= 0.6 is 0 Å². The van der Waals surface area contributed by atoms with Crippen molar-refractivity contribution in [2.45, 2.75) is 51.1 Å². The van der Waals surface area contributed by atoms with E-state index in [1.165, 1.54) is 4.90 Å². The van der Waals surface area contributed by atoms with Crippen LogP contribution in [0.3, 0.4) is 0 Å². The van der Waals surface area contributed by atoms with E-state index in [1.54, 1.807) is 6.92 Å². The van der Waals surface area contributed by atoms with E-state index in [-0.39, 0.29) is 30.8 Å². The largest absolute Gasteiger partial charge is 0.480 e. The number of ether oxygens (including phenoxy) is 1. The molecule has 33 heavy (non-hydrogen) atoms. The third kappa shape index (κ3) is 4.87. The number of carboxylic acid groups (broad SMARTS) is 1. The Labute approximate surface area is 193 Å². The van der Waals surface area contributed by atoms with Gasteiger partial charge in [-0.1, -0.05) is 55.5 Å². The van der Waals surface area contributed by atoms with Gasteiger partial charge in [0.25, 0.3) is 0 Å². The first-order valence-corrected chi connectivity index (χ1v) is 11.5. The Hall–Kier alpha value is -3.35. The third-order valence-electron chi connectivity index (χ3n) is 6.61. The monoisotopic (exact) mass is 450 g/mol. The van der Waals surface area contributed by atoms with Gasteiger partial charge >= 0.3 is 12.1 Å². The Bertz CT molecular complexity index is 1010. The SMILES string of the molecule is CC1CCC(C(=O)O)N(C(=O)C[C@H](C)NC(=O)OCC2c3ccccc3-c3ccccc32)C1. The highest BCUT2D eigenvalue weighted by Crippen LogP contribution is 2.44. The van der Waals surface area contributed by atoms with Crippen molar-refractivity contribution in [3.8, 4) is 11.1 Å². The molecule has 2 aromatic carbocycles. The molecule has 3 atom stereocenters. The van der Waals surface area contributed by atoms with E-state index in [0.29, 0.717) is 13.0 Å². The summed E-state index contributed by atoms with van der Waals surface area (Å²) in [6.07, 6.45) is 0.685. The predicted molar refractivity (Wildman–Crippen MR) is 124 cm³/mol. The van der Waals surface area contributed by atoms with Gasteiger partial charge in [0, 0.05) is 24.9 Å². The summed E-state index contributed by atoms with van der Waals surface area (Å²) < 4.78 is 5.54. The van der Waals surface area contributed by atoms with Crippen LogP contribution in [0.25, 0.3) is 11.1 Å². The molecule has 2 unspecified atom stereocenters. The summed E-state index contributed by atoms with van der Waals surface area (Å²) in [6, 6.07) is 15.0. The first-order chi connectivity index (χ1) is 15.8. The average molecular weight is 451 g/mol. The Morgan fingerprint density at radius 2 is 1.67 bits per heavy atom. The van der Waals surface area contributed by atoms with Crippen molar-refractivity contribution in [3.63, 3.8) is 0 Å². The van der Waals surface area contributed by atoms with Crippen LogP contribution in [0, 0.1) is 5.92 Å². The number of carboxylic acids is 1. The molecular formula is C26H30N2O5. The highest BCUT2D eigenvalue weighted by molar-refractivity contribution is 5.84. The lowest BCUT2D eigenvalue weighted by molar-refractivity contribution is -0.153. The molecule has 1 heterocycles. The highest BCUT2D eigenvalue weighted by atomic mass is 16.5. The van der Waals surface area contributed by atoms with Crippen molar-refractivity contribution >= 4 is 18.0 Å². The summed E-state index contributed by atoms with van der Waals surface area (Å²) in [7, 11) is 0. The maximum absolute atomic E-state index is 12.8. The number of likely N-dealkylation sites (tertiary alicyclic amines) is 1. The number of hydrogen-bond donors (Lipinski definition) is 2. The molecular weight excluding hydrogens is 420 g/mol. The summed E-state index contributed by atoms with van der Waals surface area (Å²) in [5.74, 6) is -1.02. The first-order valence-electron chi connectivity index (χ1n) is 11.5. The molecule has 2 N–H and O–H groups in total. The molecule has 7 nitrogen and oxygen atoms in total. The molecule has 4 rings (SSSR count). The Morgan fingerprint density at radius 1 is 1.06 bits per heavy atom. The van der Waals surface area contributed by atoms with Crippen molar-refractivity contribution in [2.75, 3.05) is 13.2 Å². The van der Waals surface area contributed by atoms with Crippen molar-refractivity contribution in [2.24, 2.45) is 5.92 Å². The number of carbonyl (C=O) groups is 3. The van der Waals surface area contributed by atoms with E-state index in [9.17, 15) is 19.5 Å². The van der Waals surface area contributed by atoms with E-state index >= 15 is 0 Å². The van der Waals surface area contributed by atoms with Gasteiger partial charge < -0.3 is 20.1 Å². The number of amides is 2. The molecule has 2 amide bonds. The van der Waals surface area contributed by atoms with Gasteiger partial charge in [0.2, 0.25) is 5.91 Å². The topological polar surface area (TPSA) is 95.9 Å². The number of fused-ring (bicyclic) bond motifs is 3. The standard InChI is InChI=1S/C26H30N2O5/c1-16-11-12-23(25(30)31)28(14-16)24(29)13-17(2)27-26(32)33-15-22-20-9-5-3-7-18(20)19-8-4-6-10-21(19)22/h3-10,16-17,22-23H,11-15H2,1-2H3,(H,27,32)(H,30,31)/t16?,17-,23?/m0/s1. The highest BCUT2D eigenvalue weighted by Gasteiger charge is 2.35. The minimum Gasteiger partial charge on any atom is -0.480 e. The molecule has 0 aromatic heterocycles. The molecule has 0 saturated carbocycles. The van der Waals surface area contributed by atoms with Gasteiger partial charge in [-0.3, -0.25) is 4.79 Å². The molecule has 1 aliphatic heterocycles. The second kappa shape index (κ2) is 9.65. The second-order valence-electron chi connectivity index (χ2n) is 9.16. The van der Waals surface area contributed by atoms with Gasteiger partial charge in [-0.25, -0.2) is 9.59 Å². The van der Waals surface area contributed by atoms with Gasteiger partial charge in [-0.2, -0.15) is 0 Å². The Morgan fingerprint density at radius 3 is 2.27 bits per heavy atom. The molecule has 0 radical (unpaired) electrons. The number of alkyl carbamates (subject to hydrolysis) is 1. The van der Waals surface area contributed by atoms with Crippen LogP contribution in [0.2, 0.25) is 0 Å². The number of piperidine rings is 1. The van der Waals surface area contributed by atoms with Crippen molar-refractivity contribution in [3.05, 3.63) is 59.7 Å². The van der Waals surface area contributed by atoms with Crippen LogP contribution < -0.4 is 5.32 Å². The number of aliphatic carboxylic acids is 1. The number of nitrogens with zero attached hydrogens (tertiary/aromatic N) is 1. The Kier molecular flexibility index (Phi) is 6.67. The smallest absolute Gasteiger partial charge is 0.407 e. The summed E-state index contributed by atoms with van der Waals surface area (Å²) in [5.41, 5.74) is 4.58. The van der Waals surface area contributed by atoms with Crippen LogP contribution in [0.5, 0.6) is 0 Å². The zero-order valence-corrected chi connectivity index (χ0v) is 19.0. The quantitative estimate of drug-likeness (QED) is 0.693. The Balaban J connectivity index is 1.33. The van der Waals surface area contributed by atoms with Crippen LogP contribution in [0.4, 0.5) is 4.79 Å². The molecule has 1 fully saturated rings. The van der Waals surface area contributed by atoms with Crippen molar-refractivity contribution in [1.82, 2.24) is 10.2 Å². The summed E-state index contributed by atoms with van der Waals surface area (Å²) in [6.45, 7) is 4.36. The van der Waals surface area contributed by atoms with Crippen LogP contribution in [0.1, 0.15) is 50.2 Å². The van der Waals surface area contributed by atoms with Crippen LogP contribution in [-0.4, -0.2) is 53.2 Å². The number of rotatable bonds is 6. The van der Waals surface area contributed by atoms with E-state index in [1.807, 2.05) is 31.2 Å². The van der Waals surface area contributed by atoms with E-state index in [2.05, 4.69) is 29.6 Å². The van der Waals surface area contributed by atoms with Crippen molar-refractivity contribution < 1.29 is 24.2 Å². The zero-order chi connectivity index (χ0) is 23.5. The van der Waals surface area contributed by atoms with Gasteiger partial charge in [0.1, 0.15) is 12.6 Å². The normalized spacial score (nSPS) is 20.5. The van der Waals surface area contributed by atoms with Crippen molar-refractivity contribution in [1.29, 1.82) is 0 Å². The fraction of sp³-hybridized carbons (Fsp3) is 0.423. The first kappa shape index (κ1) is 22.8. The molecule has 0 bridgehead atoms. The van der Waals surface area contributed by atoms with Crippen LogP contribution in [-0.2, 0) is 14.3 Å². The minimum absolute atomic E-state index is 0.0285. The molecule has 7 heteroatoms. The molecule has 1 aliphatic carbocycles. The average Bonchev–Trinajstić information content (AvgIpc) is 3.11. The summed E-state index contributed by atoms with van der Waals surface area (Å²) >= 11 is 0. The van der Waals surface area contributed by atoms with E-state index in [0.717, 1.165) is 28.7 Å². The maximum atomic E-state index is 12.8. The summed E-state index contributed by atoms with van der Waals surface area (Å²) in [5, 5.41) is 12.2. The summed E-state index contributed by atoms with van der Waals surface area (Å²) in [4.78, 5) is 38.2. The number of carbonyl (C=O) groups excluding carboxylic acids is 2. The molecule has 0 spiro atoms. The van der Waals surface area contributed by atoms with Gasteiger partial charge in [0.05, 0.1) is 0 Å². The zero-order valence-electron chi connectivity index (χ0n) is 19.0. The molecule has 2 aliphatic rings. The lowest BCUT2D eigenvalue weighted by Crippen LogP contribution is -2.51. The van der Waals surface area contributed by atoms with Gasteiger partial charge in [-0.15, -0.1) is 0 Å². The number of benzene rings is 2. The fourth-order valence-electron chi connectivity index (χ4n) is 4.96. The lowest BCUT2D eigenvalue weighted by atomic mass is 9.93. The van der Waals surface area contributed by atoms with Gasteiger partial charge in [-0.05, 0) is 47.9 Å². The predicted octanol–water partition coefficient (Wildman–Crippen LogP) is 4.02. The molecule has 2 aromatic rings. The second-order valence-corrected chi connectivity index (χ2v) is 9.16.